The third-order valence-electron chi connectivity index (χ3n) is 7.58. The number of rotatable bonds is 12. The van der Waals surface area contributed by atoms with Crippen molar-refractivity contribution in [1.82, 2.24) is 14.3 Å². The summed E-state index contributed by atoms with van der Waals surface area (Å²) in [5.74, 6) is 1.79. The van der Waals surface area contributed by atoms with E-state index in [1.165, 1.54) is 4.31 Å². The van der Waals surface area contributed by atoms with Crippen molar-refractivity contribution in [2.75, 3.05) is 14.2 Å². The molecule has 0 fully saturated rings. The van der Waals surface area contributed by atoms with Crippen LogP contribution in [0.3, 0.4) is 0 Å². The van der Waals surface area contributed by atoms with Crippen LogP contribution in [0.2, 0.25) is 18.1 Å². The first-order valence-electron chi connectivity index (χ1n) is 13.4. The predicted octanol–water partition coefficient (Wildman–Crippen LogP) is 6.29. The summed E-state index contributed by atoms with van der Waals surface area (Å²) < 4.78 is 47.8. The first-order chi connectivity index (χ1) is 18.7. The van der Waals surface area contributed by atoms with Crippen molar-refractivity contribution in [3.8, 4) is 11.5 Å². The third-order valence-corrected chi connectivity index (χ3v) is 14.2. The van der Waals surface area contributed by atoms with E-state index >= 15 is 0 Å². The van der Waals surface area contributed by atoms with Gasteiger partial charge >= 0.3 is 0 Å². The van der Waals surface area contributed by atoms with E-state index in [0.29, 0.717) is 17.3 Å². The highest BCUT2D eigenvalue weighted by Crippen LogP contribution is 2.41. The summed E-state index contributed by atoms with van der Waals surface area (Å²) in [4.78, 5) is 9.04. The van der Waals surface area contributed by atoms with Gasteiger partial charge < -0.3 is 13.9 Å². The molecule has 10 heteroatoms. The summed E-state index contributed by atoms with van der Waals surface area (Å²) in [6.45, 7) is 14.6. The van der Waals surface area contributed by atoms with Crippen LogP contribution in [-0.4, -0.2) is 50.5 Å². The van der Waals surface area contributed by atoms with Crippen molar-refractivity contribution in [1.29, 1.82) is 0 Å². The Balaban J connectivity index is 2.05. The Hall–Kier alpha value is -2.79. The Labute approximate surface area is 240 Å². The lowest BCUT2D eigenvalue weighted by atomic mass is 10.2. The molecule has 1 aromatic heterocycles. The Bertz CT molecular complexity index is 1290. The number of benzene rings is 2. The minimum Gasteiger partial charge on any atom is -0.497 e. The molecule has 2 aromatic carbocycles. The average Bonchev–Trinajstić information content (AvgIpc) is 2.91. The number of ether oxygens (including phenoxy) is 2. The first-order valence-corrected chi connectivity index (χ1v) is 17.8. The maximum Gasteiger partial charge on any atom is 0.220 e. The molecule has 0 bridgehead atoms. The molecular formula is C30H43N3O5SSi. The van der Waals surface area contributed by atoms with Crippen LogP contribution in [0.4, 0.5) is 0 Å². The highest BCUT2D eigenvalue weighted by atomic mass is 32.2. The molecule has 2 atom stereocenters. The zero-order valence-corrected chi connectivity index (χ0v) is 27.0. The van der Waals surface area contributed by atoms with Gasteiger partial charge in [-0.15, -0.1) is 0 Å². The standard InChI is InChI=1S/C30H43N3O5SSi/c1-22-18-31-29(32-19-22)28(38-40(8,9)30(3,4)5)23(2)39(34,35)33(20-24-10-14-26(36-6)15-11-24)21-25-12-16-27(37-7)17-13-25/h10-19,23,28H,20-21H2,1-9H3/t23-,28+/m1/s1. The minimum atomic E-state index is -3.92. The normalized spacial score (nSPS) is 14.2. The molecule has 3 rings (SSSR count). The van der Waals surface area contributed by atoms with Gasteiger partial charge in [-0.2, -0.15) is 4.31 Å². The zero-order chi connectivity index (χ0) is 29.7. The van der Waals surface area contributed by atoms with Crippen LogP contribution >= 0.6 is 0 Å². The summed E-state index contributed by atoms with van der Waals surface area (Å²) in [6, 6.07) is 14.9. The van der Waals surface area contributed by atoms with Gasteiger partial charge in [0.2, 0.25) is 10.0 Å². The maximum atomic E-state index is 14.5. The predicted molar refractivity (Wildman–Crippen MR) is 161 cm³/mol. The van der Waals surface area contributed by atoms with Crippen LogP contribution in [0, 0.1) is 6.92 Å². The molecule has 8 nitrogen and oxygen atoms in total. The lowest BCUT2D eigenvalue weighted by molar-refractivity contribution is 0.168. The van der Waals surface area contributed by atoms with Crippen molar-refractivity contribution in [2.24, 2.45) is 0 Å². The van der Waals surface area contributed by atoms with Crippen molar-refractivity contribution in [3.63, 3.8) is 0 Å². The lowest BCUT2D eigenvalue weighted by Gasteiger charge is -2.40. The topological polar surface area (TPSA) is 90.9 Å². The second kappa shape index (κ2) is 12.8. The second-order valence-corrected chi connectivity index (χ2v) is 18.7. The Morgan fingerprint density at radius 2 is 1.27 bits per heavy atom. The van der Waals surface area contributed by atoms with Crippen LogP contribution in [0.5, 0.6) is 11.5 Å². The lowest BCUT2D eigenvalue weighted by Crippen LogP contribution is -2.47. The molecule has 0 saturated carbocycles. The molecule has 0 N–H and O–H groups in total. The van der Waals surface area contributed by atoms with Crippen LogP contribution in [0.25, 0.3) is 0 Å². The van der Waals surface area contributed by atoms with Crippen LogP contribution in [0.15, 0.2) is 60.9 Å². The minimum absolute atomic E-state index is 0.134. The summed E-state index contributed by atoms with van der Waals surface area (Å²) in [5, 5.41) is -1.08. The van der Waals surface area contributed by atoms with Gasteiger partial charge in [0, 0.05) is 25.5 Å². The van der Waals surface area contributed by atoms with Gasteiger partial charge in [-0.25, -0.2) is 18.4 Å². The maximum absolute atomic E-state index is 14.5. The monoisotopic (exact) mass is 585 g/mol. The van der Waals surface area contributed by atoms with E-state index in [2.05, 4.69) is 43.8 Å². The fourth-order valence-electron chi connectivity index (χ4n) is 3.90. The molecular weight excluding hydrogens is 542 g/mol. The molecule has 0 unspecified atom stereocenters. The SMILES string of the molecule is COc1ccc(CN(Cc2ccc(OC)cc2)S(=O)(=O)[C@H](C)[C@H](O[Si](C)(C)C(C)(C)C)c2ncc(C)cn2)cc1. The molecule has 0 saturated heterocycles. The van der Waals surface area contributed by atoms with E-state index < -0.39 is 29.7 Å². The van der Waals surface area contributed by atoms with E-state index in [1.54, 1.807) is 33.5 Å². The van der Waals surface area contributed by atoms with E-state index in [-0.39, 0.29) is 18.1 Å². The van der Waals surface area contributed by atoms with Gasteiger partial charge in [0.1, 0.15) is 22.9 Å². The molecule has 218 valence electrons. The number of hydrogen-bond acceptors (Lipinski definition) is 7. The van der Waals surface area contributed by atoms with Gasteiger partial charge in [-0.05, 0) is 72.9 Å². The van der Waals surface area contributed by atoms with Gasteiger partial charge in [-0.1, -0.05) is 45.0 Å². The Morgan fingerprint density at radius 3 is 1.65 bits per heavy atom. The molecule has 0 aliphatic rings. The summed E-state index contributed by atoms with van der Waals surface area (Å²) >= 11 is 0. The summed E-state index contributed by atoms with van der Waals surface area (Å²) in [7, 11) is -3.11. The molecule has 1 heterocycles. The molecule has 0 amide bonds. The highest BCUT2D eigenvalue weighted by molar-refractivity contribution is 7.89. The highest BCUT2D eigenvalue weighted by Gasteiger charge is 2.45. The Morgan fingerprint density at radius 1 is 0.850 bits per heavy atom. The first kappa shape index (κ1) is 31.7. The molecule has 0 aliphatic carbocycles. The van der Waals surface area contributed by atoms with E-state index in [4.69, 9.17) is 13.9 Å². The molecule has 0 radical (unpaired) electrons. The Kier molecular flexibility index (Phi) is 10.2. The second-order valence-electron chi connectivity index (χ2n) is 11.6. The number of aryl methyl sites for hydroxylation is 1. The van der Waals surface area contributed by atoms with Crippen molar-refractivity contribution in [2.45, 2.75) is 77.2 Å². The van der Waals surface area contributed by atoms with E-state index in [1.807, 2.05) is 55.5 Å². The summed E-state index contributed by atoms with van der Waals surface area (Å²) in [5.41, 5.74) is 2.59. The van der Waals surface area contributed by atoms with Crippen LogP contribution in [-0.2, 0) is 27.5 Å². The number of nitrogens with zero attached hydrogens (tertiary/aromatic N) is 3. The molecule has 3 aromatic rings. The van der Waals surface area contributed by atoms with E-state index in [9.17, 15) is 8.42 Å². The fraction of sp³-hybridized carbons (Fsp3) is 0.467. The number of methoxy groups -OCH3 is 2. The van der Waals surface area contributed by atoms with Crippen LogP contribution < -0.4 is 9.47 Å². The third kappa shape index (κ3) is 7.69. The van der Waals surface area contributed by atoms with Gasteiger partial charge in [0.25, 0.3) is 0 Å². The van der Waals surface area contributed by atoms with Crippen LogP contribution in [0.1, 0.15) is 56.3 Å². The fourth-order valence-corrected chi connectivity index (χ4v) is 6.91. The van der Waals surface area contributed by atoms with E-state index in [0.717, 1.165) is 16.7 Å². The largest absolute Gasteiger partial charge is 0.497 e. The average molecular weight is 586 g/mol. The number of hydrogen-bond donors (Lipinski definition) is 0. The zero-order valence-electron chi connectivity index (χ0n) is 25.1. The molecule has 0 spiro atoms. The number of aromatic nitrogens is 2. The molecule has 0 aliphatic heterocycles. The van der Waals surface area contributed by atoms with Crippen molar-refractivity contribution < 1.29 is 22.3 Å². The van der Waals surface area contributed by atoms with Gasteiger partial charge in [0.15, 0.2) is 14.1 Å². The summed E-state index contributed by atoms with van der Waals surface area (Å²) in [6.07, 6.45) is 2.58. The smallest absolute Gasteiger partial charge is 0.220 e. The molecule has 40 heavy (non-hydrogen) atoms. The van der Waals surface area contributed by atoms with Crippen molar-refractivity contribution in [3.05, 3.63) is 83.4 Å². The van der Waals surface area contributed by atoms with Crippen molar-refractivity contribution >= 4 is 18.3 Å². The van der Waals surface area contributed by atoms with Gasteiger partial charge in [0.05, 0.1) is 14.2 Å². The van der Waals surface area contributed by atoms with Gasteiger partial charge in [-0.3, -0.25) is 0 Å². The number of sulfonamides is 1. The quantitative estimate of drug-likeness (QED) is 0.231.